The van der Waals surface area contributed by atoms with E-state index in [0.29, 0.717) is 0 Å². The molecule has 0 unspecified atom stereocenters. The summed E-state index contributed by atoms with van der Waals surface area (Å²) in [5, 5.41) is 14.9. The van der Waals surface area contributed by atoms with Crippen LogP contribution in [0.3, 0.4) is 0 Å². The van der Waals surface area contributed by atoms with Crippen molar-refractivity contribution in [2.24, 2.45) is 0 Å². The fourth-order valence-electron chi connectivity index (χ4n) is 3.00. The molecule has 0 saturated carbocycles. The second kappa shape index (κ2) is 4.96. The molecular weight excluding hydrogens is 252 g/mol. The van der Waals surface area contributed by atoms with Crippen LogP contribution >= 0.6 is 0 Å². The van der Waals surface area contributed by atoms with Crippen molar-refractivity contribution in [3.8, 4) is 0 Å². The summed E-state index contributed by atoms with van der Waals surface area (Å²) in [5.41, 5.74) is 2.96. The lowest BCUT2D eigenvalue weighted by atomic mass is 9.81. The smallest absolute Gasteiger partial charge is 0.243 e. The quantitative estimate of drug-likeness (QED) is 0.668. The molecule has 1 aliphatic rings. The number of hydrogen-bond acceptors (Lipinski definition) is 3. The van der Waals surface area contributed by atoms with E-state index < -0.39 is 6.04 Å². The van der Waals surface area contributed by atoms with E-state index >= 15 is 0 Å². The molecule has 1 heterocycles. The molecule has 0 bridgehead atoms. The minimum atomic E-state index is -0.660. The van der Waals surface area contributed by atoms with E-state index in [9.17, 15) is 10.1 Å². The first-order chi connectivity index (χ1) is 9.68. The molecule has 4 heteroatoms. The van der Waals surface area contributed by atoms with Gasteiger partial charge >= 0.3 is 0 Å². The van der Waals surface area contributed by atoms with Crippen molar-refractivity contribution < 1.29 is 4.92 Å². The molecule has 0 aliphatic carbocycles. The maximum absolute atomic E-state index is 11.5. The van der Waals surface area contributed by atoms with Crippen LogP contribution in [0.5, 0.6) is 0 Å². The van der Waals surface area contributed by atoms with Crippen LogP contribution in [0.15, 0.2) is 54.6 Å². The van der Waals surface area contributed by atoms with Crippen molar-refractivity contribution in [1.82, 2.24) is 0 Å². The van der Waals surface area contributed by atoms with Crippen molar-refractivity contribution in [3.05, 3.63) is 75.8 Å². The monoisotopic (exact) mass is 268 g/mol. The third kappa shape index (κ3) is 2.03. The molecule has 4 nitrogen and oxygen atoms in total. The third-order valence-electron chi connectivity index (χ3n) is 4.02. The van der Waals surface area contributed by atoms with Gasteiger partial charge in [-0.2, -0.15) is 0 Å². The average Bonchev–Trinajstić information content (AvgIpc) is 2.47. The van der Waals surface area contributed by atoms with Gasteiger partial charge in [0, 0.05) is 10.6 Å². The summed E-state index contributed by atoms with van der Waals surface area (Å²) in [6, 6.07) is 16.5. The number of hydrogen-bond donors (Lipinski definition) is 1. The van der Waals surface area contributed by atoms with Crippen LogP contribution in [0, 0.1) is 10.1 Å². The van der Waals surface area contributed by atoms with E-state index in [1.54, 1.807) is 0 Å². The van der Waals surface area contributed by atoms with Gasteiger partial charge in [0.25, 0.3) is 0 Å². The Bertz CT molecular complexity index is 627. The van der Waals surface area contributed by atoms with Crippen molar-refractivity contribution in [2.45, 2.75) is 24.9 Å². The molecule has 0 amide bonds. The summed E-state index contributed by atoms with van der Waals surface area (Å²) < 4.78 is 0. The van der Waals surface area contributed by atoms with Crippen LogP contribution in [-0.2, 0) is 0 Å². The predicted molar refractivity (Wildman–Crippen MR) is 78.4 cm³/mol. The van der Waals surface area contributed by atoms with Gasteiger partial charge in [0.1, 0.15) is 6.04 Å². The van der Waals surface area contributed by atoms with Gasteiger partial charge in [-0.05, 0) is 17.2 Å². The number of nitrogens with zero attached hydrogens (tertiary/aromatic N) is 1. The number of fused-ring (bicyclic) bond motifs is 1. The van der Waals surface area contributed by atoms with Gasteiger partial charge in [-0.15, -0.1) is 0 Å². The van der Waals surface area contributed by atoms with Crippen LogP contribution in [0.4, 0.5) is 5.69 Å². The number of nitrogens with one attached hydrogen (secondary N) is 1. The fourth-order valence-corrected chi connectivity index (χ4v) is 3.00. The highest BCUT2D eigenvalue weighted by molar-refractivity contribution is 5.57. The zero-order valence-electron chi connectivity index (χ0n) is 11.2. The normalized spacial score (nSPS) is 24.6. The summed E-state index contributed by atoms with van der Waals surface area (Å²) >= 11 is 0. The Morgan fingerprint density at radius 3 is 2.40 bits per heavy atom. The Kier molecular flexibility index (Phi) is 3.14. The van der Waals surface area contributed by atoms with E-state index in [1.807, 2.05) is 61.5 Å². The summed E-state index contributed by atoms with van der Waals surface area (Å²) in [6.07, 6.45) is 0. The Hall–Kier alpha value is -2.36. The van der Waals surface area contributed by atoms with Gasteiger partial charge in [0.2, 0.25) is 6.04 Å². The zero-order chi connectivity index (χ0) is 14.1. The molecule has 2 aromatic rings. The molecule has 0 fully saturated rings. The standard InChI is InChI=1S/C16H16N2O2/c1-11-13-9-5-6-10-14(13)17-15(16(11)18(19)20)12-7-3-2-4-8-12/h2-11,15-17H,1H3/t11-,15-,16-/m1/s1. The van der Waals surface area contributed by atoms with Crippen LogP contribution in [0.1, 0.15) is 30.0 Å². The number of para-hydroxylation sites is 1. The second-order valence-electron chi connectivity index (χ2n) is 5.18. The first-order valence-corrected chi connectivity index (χ1v) is 6.72. The SMILES string of the molecule is C[C@@H]1c2ccccc2N[C@H](c2ccccc2)[C@@H]1[N+](=O)[O-]. The lowest BCUT2D eigenvalue weighted by Crippen LogP contribution is -2.40. The summed E-state index contributed by atoms with van der Waals surface area (Å²) in [7, 11) is 0. The molecule has 3 rings (SSSR count). The third-order valence-corrected chi connectivity index (χ3v) is 4.02. The molecule has 0 spiro atoms. The number of benzene rings is 2. The summed E-state index contributed by atoms with van der Waals surface area (Å²) in [4.78, 5) is 11.4. The van der Waals surface area contributed by atoms with Gasteiger partial charge in [0.15, 0.2) is 0 Å². The lowest BCUT2D eigenvalue weighted by molar-refractivity contribution is -0.530. The molecule has 0 radical (unpaired) electrons. The first kappa shape index (κ1) is 12.7. The minimum Gasteiger partial charge on any atom is -0.372 e. The van der Waals surface area contributed by atoms with Gasteiger partial charge in [0.05, 0.1) is 5.92 Å². The fraction of sp³-hybridized carbons (Fsp3) is 0.250. The molecule has 2 aromatic carbocycles. The predicted octanol–water partition coefficient (Wildman–Crippen LogP) is 3.60. The highest BCUT2D eigenvalue weighted by Gasteiger charge is 2.42. The maximum atomic E-state index is 11.5. The van der Waals surface area contributed by atoms with Crippen molar-refractivity contribution in [2.75, 3.05) is 5.32 Å². The Balaban J connectivity index is 2.08. The van der Waals surface area contributed by atoms with Crippen LogP contribution in [0.2, 0.25) is 0 Å². The topological polar surface area (TPSA) is 55.2 Å². The summed E-state index contributed by atoms with van der Waals surface area (Å²) in [6.45, 7) is 1.93. The summed E-state index contributed by atoms with van der Waals surface area (Å²) in [5.74, 6) is -0.118. The Morgan fingerprint density at radius 2 is 1.70 bits per heavy atom. The molecular formula is C16H16N2O2. The minimum absolute atomic E-state index is 0.118. The molecule has 102 valence electrons. The van der Waals surface area contributed by atoms with E-state index in [-0.39, 0.29) is 16.9 Å². The Morgan fingerprint density at radius 1 is 1.05 bits per heavy atom. The molecule has 1 N–H and O–H groups in total. The zero-order valence-corrected chi connectivity index (χ0v) is 11.2. The van der Waals surface area contributed by atoms with Gasteiger partial charge in [-0.25, -0.2) is 0 Å². The number of anilines is 1. The first-order valence-electron chi connectivity index (χ1n) is 6.72. The van der Waals surface area contributed by atoms with Crippen LogP contribution in [0.25, 0.3) is 0 Å². The molecule has 3 atom stereocenters. The second-order valence-corrected chi connectivity index (χ2v) is 5.18. The van der Waals surface area contributed by atoms with E-state index in [0.717, 1.165) is 16.8 Å². The lowest BCUT2D eigenvalue weighted by Gasteiger charge is -2.34. The van der Waals surface area contributed by atoms with Crippen LogP contribution in [-0.4, -0.2) is 11.0 Å². The van der Waals surface area contributed by atoms with Crippen LogP contribution < -0.4 is 5.32 Å². The Labute approximate surface area is 117 Å². The van der Waals surface area contributed by atoms with Gasteiger partial charge < -0.3 is 5.32 Å². The van der Waals surface area contributed by atoms with Crippen molar-refractivity contribution >= 4 is 5.69 Å². The molecule has 0 aromatic heterocycles. The van der Waals surface area contributed by atoms with E-state index in [4.69, 9.17) is 0 Å². The average molecular weight is 268 g/mol. The van der Waals surface area contributed by atoms with E-state index in [2.05, 4.69) is 5.32 Å². The molecule has 20 heavy (non-hydrogen) atoms. The number of nitro groups is 1. The molecule has 1 aliphatic heterocycles. The maximum Gasteiger partial charge on any atom is 0.243 e. The van der Waals surface area contributed by atoms with Crippen molar-refractivity contribution in [1.29, 1.82) is 0 Å². The molecule has 0 saturated heterocycles. The largest absolute Gasteiger partial charge is 0.372 e. The van der Waals surface area contributed by atoms with E-state index in [1.165, 1.54) is 0 Å². The van der Waals surface area contributed by atoms with Gasteiger partial charge in [-0.3, -0.25) is 10.1 Å². The van der Waals surface area contributed by atoms with Crippen molar-refractivity contribution in [3.63, 3.8) is 0 Å². The van der Waals surface area contributed by atoms with Gasteiger partial charge in [-0.1, -0.05) is 55.5 Å². The highest BCUT2D eigenvalue weighted by Crippen LogP contribution is 2.41. The number of rotatable bonds is 2. The highest BCUT2D eigenvalue weighted by atomic mass is 16.6.